The second kappa shape index (κ2) is 5.71. The number of carbonyl (C=O) groups is 1. The number of nitrogens with two attached hydrogens (primary N) is 2. The average molecular weight is 353 g/mol. The molecule has 0 saturated heterocycles. The number of aromatic nitrogens is 2. The summed E-state index contributed by atoms with van der Waals surface area (Å²) >= 11 is 1.12. The zero-order valence-electron chi connectivity index (χ0n) is 11.9. The first-order valence-corrected chi connectivity index (χ1v) is 7.36. The summed E-state index contributed by atoms with van der Waals surface area (Å²) in [7, 11) is 0. The second-order valence-corrected chi connectivity index (χ2v) is 5.87. The van der Waals surface area contributed by atoms with Gasteiger partial charge in [0.2, 0.25) is 0 Å². The van der Waals surface area contributed by atoms with E-state index < -0.39 is 23.6 Å². The molecule has 1 amide bonds. The average Bonchev–Trinajstić information content (AvgIpc) is 2.88. The molecule has 1 aliphatic rings. The highest BCUT2D eigenvalue weighted by Gasteiger charge is 2.34. The number of hydrogen-bond acceptors (Lipinski definition) is 6. The zero-order chi connectivity index (χ0) is 17.5. The molecule has 3 rings (SSSR count). The van der Waals surface area contributed by atoms with E-state index in [0.29, 0.717) is 11.4 Å². The van der Waals surface area contributed by atoms with Gasteiger partial charge in [0, 0.05) is 16.8 Å². The van der Waals surface area contributed by atoms with Crippen molar-refractivity contribution in [2.24, 2.45) is 5.73 Å². The van der Waals surface area contributed by atoms with Crippen LogP contribution in [0.25, 0.3) is 5.57 Å². The van der Waals surface area contributed by atoms with E-state index in [2.05, 4.69) is 15.3 Å². The Bertz CT molecular complexity index is 866. The Hall–Kier alpha value is -2.75. The van der Waals surface area contributed by atoms with Crippen molar-refractivity contribution in [1.82, 2.24) is 9.97 Å². The predicted molar refractivity (Wildman–Crippen MR) is 83.5 cm³/mol. The molecule has 6 nitrogen and oxygen atoms in total. The smallest absolute Gasteiger partial charge is 0.399 e. The van der Waals surface area contributed by atoms with E-state index in [-0.39, 0.29) is 10.6 Å². The van der Waals surface area contributed by atoms with Gasteiger partial charge in [-0.25, -0.2) is 9.97 Å². The first-order chi connectivity index (χ1) is 11.3. The van der Waals surface area contributed by atoms with Gasteiger partial charge in [0.05, 0.1) is 10.7 Å². The lowest BCUT2D eigenvalue weighted by Gasteiger charge is -2.09. The monoisotopic (exact) mass is 353 g/mol. The van der Waals surface area contributed by atoms with Crippen LogP contribution in [0, 0.1) is 0 Å². The number of carbonyl (C=O) groups excluding carboxylic acids is 1. The van der Waals surface area contributed by atoms with Gasteiger partial charge < -0.3 is 16.8 Å². The minimum atomic E-state index is -4.65. The zero-order valence-corrected chi connectivity index (χ0v) is 12.7. The molecule has 2 heterocycles. The van der Waals surface area contributed by atoms with Crippen LogP contribution in [0.5, 0.6) is 0 Å². The van der Waals surface area contributed by atoms with Crippen LogP contribution < -0.4 is 16.8 Å². The molecule has 1 aromatic carbocycles. The van der Waals surface area contributed by atoms with E-state index in [4.69, 9.17) is 11.5 Å². The van der Waals surface area contributed by atoms with Crippen molar-refractivity contribution in [3.05, 3.63) is 47.0 Å². The van der Waals surface area contributed by atoms with E-state index >= 15 is 0 Å². The first-order valence-electron chi connectivity index (χ1n) is 6.55. The number of amides is 1. The molecule has 0 saturated carbocycles. The number of anilines is 2. The fourth-order valence-corrected chi connectivity index (χ4v) is 3.16. The van der Waals surface area contributed by atoms with Gasteiger partial charge in [-0.15, -0.1) is 0 Å². The summed E-state index contributed by atoms with van der Waals surface area (Å²) in [4.78, 5) is 19.7. The third-order valence-electron chi connectivity index (χ3n) is 3.11. The van der Waals surface area contributed by atoms with Crippen molar-refractivity contribution in [1.29, 1.82) is 0 Å². The van der Waals surface area contributed by atoms with Crippen LogP contribution in [0.15, 0.2) is 40.4 Å². The molecule has 0 unspecified atom stereocenters. The lowest BCUT2D eigenvalue weighted by atomic mass is 10.2. The molecule has 0 atom stereocenters. The highest BCUT2D eigenvalue weighted by Crippen LogP contribution is 2.44. The van der Waals surface area contributed by atoms with E-state index in [9.17, 15) is 18.0 Å². The van der Waals surface area contributed by atoms with Crippen LogP contribution in [0.2, 0.25) is 0 Å². The van der Waals surface area contributed by atoms with E-state index in [0.717, 1.165) is 28.9 Å². The SMILES string of the molecule is NC(=O)/C(=C1\Nc2ccc(N)cc2S1)c1nccc(C(F)(F)F)n1. The predicted octanol–water partition coefficient (Wildman–Crippen LogP) is 2.45. The molecule has 10 heteroatoms. The van der Waals surface area contributed by atoms with Crippen molar-refractivity contribution >= 4 is 34.6 Å². The molecule has 0 fully saturated rings. The van der Waals surface area contributed by atoms with E-state index in [1.165, 1.54) is 0 Å². The third kappa shape index (κ3) is 3.00. The van der Waals surface area contributed by atoms with Gasteiger partial charge in [0.1, 0.15) is 11.3 Å². The minimum absolute atomic E-state index is 0.221. The molecule has 0 bridgehead atoms. The number of halogens is 3. The van der Waals surface area contributed by atoms with Crippen LogP contribution in [0.3, 0.4) is 0 Å². The van der Waals surface area contributed by atoms with Crippen LogP contribution >= 0.6 is 11.8 Å². The fraction of sp³-hybridized carbons (Fsp3) is 0.0714. The number of nitrogens with zero attached hydrogens (tertiary/aromatic N) is 2. The Morgan fingerprint density at radius 2 is 2.00 bits per heavy atom. The van der Waals surface area contributed by atoms with Crippen molar-refractivity contribution < 1.29 is 18.0 Å². The third-order valence-corrected chi connectivity index (χ3v) is 4.18. The Balaban J connectivity index is 2.08. The molecule has 1 aliphatic heterocycles. The van der Waals surface area contributed by atoms with Crippen LogP contribution in [0.1, 0.15) is 11.5 Å². The lowest BCUT2D eigenvalue weighted by Crippen LogP contribution is -2.19. The number of hydrogen-bond donors (Lipinski definition) is 3. The van der Waals surface area contributed by atoms with Crippen molar-refractivity contribution in [2.75, 3.05) is 11.1 Å². The molecule has 0 aliphatic carbocycles. The van der Waals surface area contributed by atoms with Gasteiger partial charge in [0.15, 0.2) is 5.82 Å². The Labute approximate surface area is 138 Å². The molecule has 2 aromatic rings. The van der Waals surface area contributed by atoms with Gasteiger partial charge in [-0.05, 0) is 24.3 Å². The van der Waals surface area contributed by atoms with Gasteiger partial charge >= 0.3 is 6.18 Å². The molecule has 0 spiro atoms. The number of nitrogens with one attached hydrogen (secondary N) is 1. The number of thioether (sulfide) groups is 1. The normalized spacial score (nSPS) is 15.6. The summed E-state index contributed by atoms with van der Waals surface area (Å²) in [5.41, 5.74) is 10.8. The summed E-state index contributed by atoms with van der Waals surface area (Å²) in [5.74, 6) is -1.33. The number of alkyl halides is 3. The van der Waals surface area contributed by atoms with Gasteiger partial charge in [-0.1, -0.05) is 11.8 Å². The highest BCUT2D eigenvalue weighted by atomic mass is 32.2. The summed E-state index contributed by atoms with van der Waals surface area (Å²) in [6.45, 7) is 0. The standard InChI is InChI=1S/C14H10F3N5OS/c15-14(16,17)9-3-4-20-12(22-9)10(11(19)23)13-21-7-2-1-6(18)5-8(7)24-13/h1-5,21H,18H2,(H2,19,23)/b13-10-. The van der Waals surface area contributed by atoms with E-state index in [1.807, 2.05) is 0 Å². The molecule has 1 aromatic heterocycles. The quantitative estimate of drug-likeness (QED) is 0.565. The first kappa shape index (κ1) is 16.1. The molecular weight excluding hydrogens is 343 g/mol. The number of benzene rings is 1. The van der Waals surface area contributed by atoms with Gasteiger partial charge in [0.25, 0.3) is 5.91 Å². The summed E-state index contributed by atoms with van der Waals surface area (Å²) in [5, 5.41) is 3.18. The van der Waals surface area contributed by atoms with Crippen molar-refractivity contribution in [3.8, 4) is 0 Å². The molecule has 5 N–H and O–H groups in total. The Kier molecular flexibility index (Phi) is 3.84. The Morgan fingerprint density at radius 3 is 2.67 bits per heavy atom. The highest BCUT2D eigenvalue weighted by molar-refractivity contribution is 8.04. The molecule has 24 heavy (non-hydrogen) atoms. The van der Waals surface area contributed by atoms with Crippen LogP contribution in [0.4, 0.5) is 24.5 Å². The number of fused-ring (bicyclic) bond motifs is 1. The fourth-order valence-electron chi connectivity index (χ4n) is 2.06. The minimum Gasteiger partial charge on any atom is -0.399 e. The number of primary amides is 1. The van der Waals surface area contributed by atoms with Crippen molar-refractivity contribution in [2.45, 2.75) is 11.1 Å². The maximum absolute atomic E-state index is 12.8. The summed E-state index contributed by atoms with van der Waals surface area (Å²) in [6.07, 6.45) is -3.72. The maximum atomic E-state index is 12.8. The van der Waals surface area contributed by atoms with Gasteiger partial charge in [-0.3, -0.25) is 4.79 Å². The number of rotatable bonds is 2. The van der Waals surface area contributed by atoms with Crippen LogP contribution in [-0.4, -0.2) is 15.9 Å². The van der Waals surface area contributed by atoms with E-state index in [1.54, 1.807) is 18.2 Å². The molecular formula is C14H10F3N5OS. The molecule has 124 valence electrons. The maximum Gasteiger partial charge on any atom is 0.433 e. The number of nitrogen functional groups attached to an aromatic ring is 1. The van der Waals surface area contributed by atoms with Crippen molar-refractivity contribution in [3.63, 3.8) is 0 Å². The second-order valence-electron chi connectivity index (χ2n) is 4.81. The summed E-state index contributed by atoms with van der Waals surface area (Å²) < 4.78 is 38.4. The Morgan fingerprint density at radius 1 is 1.25 bits per heavy atom. The molecule has 0 radical (unpaired) electrons. The summed E-state index contributed by atoms with van der Waals surface area (Å²) in [6, 6.07) is 5.74. The van der Waals surface area contributed by atoms with Crippen LogP contribution in [-0.2, 0) is 11.0 Å². The van der Waals surface area contributed by atoms with Gasteiger partial charge in [-0.2, -0.15) is 13.2 Å². The topological polar surface area (TPSA) is 107 Å². The largest absolute Gasteiger partial charge is 0.433 e. The lowest BCUT2D eigenvalue weighted by molar-refractivity contribution is -0.141.